The molecule has 0 saturated heterocycles. The summed E-state index contributed by atoms with van der Waals surface area (Å²) < 4.78 is 0.844. The molecule has 0 radical (unpaired) electrons. The second-order valence-electron chi connectivity index (χ2n) is 3.94. The van der Waals surface area contributed by atoms with Gasteiger partial charge in [-0.3, -0.25) is 0 Å². The minimum Gasteiger partial charge on any atom is -0.313 e. The van der Waals surface area contributed by atoms with Gasteiger partial charge in [-0.15, -0.1) is 11.3 Å². The molecule has 0 saturated carbocycles. The lowest BCUT2D eigenvalue weighted by atomic mass is 10.1. The van der Waals surface area contributed by atoms with Gasteiger partial charge in [0.25, 0.3) is 0 Å². The van der Waals surface area contributed by atoms with Crippen LogP contribution in [0.15, 0.2) is 36.4 Å². The molecule has 0 aliphatic rings. The van der Waals surface area contributed by atoms with E-state index in [2.05, 4.69) is 42.6 Å². The highest BCUT2D eigenvalue weighted by atomic mass is 35.5. The van der Waals surface area contributed by atoms with E-state index in [9.17, 15) is 0 Å². The highest BCUT2D eigenvalue weighted by molar-refractivity contribution is 7.19. The third-order valence-corrected chi connectivity index (χ3v) is 3.86. The molecule has 1 aromatic carbocycles. The zero-order valence-electron chi connectivity index (χ0n) is 9.87. The van der Waals surface area contributed by atoms with E-state index in [1.807, 2.05) is 6.07 Å². The Bertz CT molecular complexity index is 479. The smallest absolute Gasteiger partial charge is 0.0934 e. The minimum absolute atomic E-state index is 0.844. The van der Waals surface area contributed by atoms with E-state index in [1.54, 1.807) is 11.3 Å². The maximum absolute atomic E-state index is 5.99. The van der Waals surface area contributed by atoms with E-state index in [4.69, 9.17) is 11.6 Å². The van der Waals surface area contributed by atoms with Crippen molar-refractivity contribution in [1.29, 1.82) is 0 Å². The first-order valence-corrected chi connectivity index (χ1v) is 7.05. The number of nitrogens with one attached hydrogen (secondary N) is 1. The summed E-state index contributed by atoms with van der Waals surface area (Å²) >= 11 is 7.62. The average molecular weight is 266 g/mol. The number of hydrogen-bond acceptors (Lipinski definition) is 2. The Balaban J connectivity index is 2.21. The molecular formula is C14H16ClNS. The van der Waals surface area contributed by atoms with Gasteiger partial charge < -0.3 is 5.32 Å². The minimum atomic E-state index is 0.844. The molecule has 0 bridgehead atoms. The van der Waals surface area contributed by atoms with E-state index in [-0.39, 0.29) is 0 Å². The Kier molecular flexibility index (Phi) is 4.60. The van der Waals surface area contributed by atoms with E-state index < -0.39 is 0 Å². The fourth-order valence-corrected chi connectivity index (χ4v) is 2.88. The summed E-state index contributed by atoms with van der Waals surface area (Å²) in [6.07, 6.45) is 1.16. The Hall–Kier alpha value is -0.830. The lowest BCUT2D eigenvalue weighted by Crippen LogP contribution is -2.14. The van der Waals surface area contributed by atoms with Crippen LogP contribution in [0.5, 0.6) is 0 Å². The first kappa shape index (κ1) is 12.6. The lowest BCUT2D eigenvalue weighted by molar-refractivity contribution is 0.676. The van der Waals surface area contributed by atoms with Crippen molar-refractivity contribution < 1.29 is 0 Å². The van der Waals surface area contributed by atoms with Gasteiger partial charge in [0.2, 0.25) is 0 Å². The van der Waals surface area contributed by atoms with E-state index in [0.29, 0.717) is 0 Å². The molecule has 90 valence electrons. The summed E-state index contributed by atoms with van der Waals surface area (Å²) in [6, 6.07) is 12.5. The van der Waals surface area contributed by atoms with Crippen LogP contribution in [0.1, 0.15) is 18.9 Å². The first-order valence-electron chi connectivity index (χ1n) is 5.85. The molecule has 0 fully saturated rings. The number of benzene rings is 1. The van der Waals surface area contributed by atoms with E-state index >= 15 is 0 Å². The molecule has 0 aliphatic heterocycles. The monoisotopic (exact) mass is 265 g/mol. The van der Waals surface area contributed by atoms with Crippen molar-refractivity contribution >= 4 is 22.9 Å². The van der Waals surface area contributed by atoms with Crippen LogP contribution in [0, 0.1) is 0 Å². The van der Waals surface area contributed by atoms with Gasteiger partial charge in [-0.2, -0.15) is 0 Å². The van der Waals surface area contributed by atoms with Crippen molar-refractivity contribution in [2.75, 3.05) is 6.54 Å². The van der Waals surface area contributed by atoms with E-state index in [1.165, 1.54) is 16.0 Å². The van der Waals surface area contributed by atoms with Crippen molar-refractivity contribution in [1.82, 2.24) is 5.32 Å². The molecule has 3 heteroatoms. The molecule has 0 aliphatic carbocycles. The van der Waals surface area contributed by atoms with Gasteiger partial charge in [-0.05, 0) is 36.2 Å². The summed E-state index contributed by atoms with van der Waals surface area (Å²) in [5.41, 5.74) is 2.62. The third-order valence-electron chi connectivity index (χ3n) is 2.60. The van der Waals surface area contributed by atoms with Crippen molar-refractivity contribution in [2.24, 2.45) is 0 Å². The average Bonchev–Trinajstić information content (AvgIpc) is 2.77. The fourth-order valence-electron chi connectivity index (χ4n) is 1.77. The lowest BCUT2D eigenvalue weighted by Gasteiger charge is -2.08. The third kappa shape index (κ3) is 3.32. The molecule has 1 N–H and O–H groups in total. The van der Waals surface area contributed by atoms with Crippen molar-refractivity contribution in [3.05, 3.63) is 46.3 Å². The molecule has 0 spiro atoms. The van der Waals surface area contributed by atoms with Gasteiger partial charge in [0.05, 0.1) is 4.34 Å². The Morgan fingerprint density at radius 3 is 2.71 bits per heavy atom. The summed E-state index contributed by atoms with van der Waals surface area (Å²) in [7, 11) is 0. The van der Waals surface area contributed by atoms with Crippen LogP contribution < -0.4 is 5.32 Å². The standard InChI is InChI=1S/C14H16ClNS/c1-2-9-16-10-11-5-3-4-6-12(11)13-7-8-14(15)17-13/h3-8,16H,2,9-10H2,1H3. The molecule has 2 rings (SSSR count). The topological polar surface area (TPSA) is 12.0 Å². The molecule has 0 amide bonds. The van der Waals surface area contributed by atoms with Gasteiger partial charge in [0, 0.05) is 11.4 Å². The number of hydrogen-bond donors (Lipinski definition) is 1. The highest BCUT2D eigenvalue weighted by Gasteiger charge is 2.06. The fraction of sp³-hybridized carbons (Fsp3) is 0.286. The maximum atomic E-state index is 5.99. The molecular weight excluding hydrogens is 250 g/mol. The van der Waals surface area contributed by atoms with Crippen molar-refractivity contribution in [3.63, 3.8) is 0 Å². The zero-order valence-corrected chi connectivity index (χ0v) is 11.4. The highest BCUT2D eigenvalue weighted by Crippen LogP contribution is 2.32. The molecule has 1 nitrogen and oxygen atoms in total. The molecule has 0 atom stereocenters. The molecule has 17 heavy (non-hydrogen) atoms. The van der Waals surface area contributed by atoms with E-state index in [0.717, 1.165) is 23.8 Å². The summed E-state index contributed by atoms with van der Waals surface area (Å²) in [5, 5.41) is 3.44. The van der Waals surface area contributed by atoms with Gasteiger partial charge in [-0.25, -0.2) is 0 Å². The summed E-state index contributed by atoms with van der Waals surface area (Å²) in [6.45, 7) is 4.15. The second-order valence-corrected chi connectivity index (χ2v) is 5.65. The van der Waals surface area contributed by atoms with Crippen LogP contribution in [0.25, 0.3) is 10.4 Å². The predicted molar refractivity (Wildman–Crippen MR) is 76.8 cm³/mol. The van der Waals surface area contributed by atoms with Crippen LogP contribution in [-0.2, 0) is 6.54 Å². The Morgan fingerprint density at radius 1 is 1.18 bits per heavy atom. The summed E-state index contributed by atoms with van der Waals surface area (Å²) in [4.78, 5) is 1.24. The second kappa shape index (κ2) is 6.20. The maximum Gasteiger partial charge on any atom is 0.0934 e. The van der Waals surface area contributed by atoms with Crippen LogP contribution in [-0.4, -0.2) is 6.54 Å². The summed E-state index contributed by atoms with van der Waals surface area (Å²) in [5.74, 6) is 0. The Labute approximate surface area is 111 Å². The normalized spacial score (nSPS) is 10.7. The first-order chi connectivity index (χ1) is 8.31. The van der Waals surface area contributed by atoms with Crippen molar-refractivity contribution in [3.8, 4) is 10.4 Å². The molecule has 1 aromatic heterocycles. The van der Waals surface area contributed by atoms with Gasteiger partial charge in [-0.1, -0.05) is 42.8 Å². The molecule has 1 heterocycles. The molecule has 2 aromatic rings. The number of rotatable bonds is 5. The largest absolute Gasteiger partial charge is 0.313 e. The quantitative estimate of drug-likeness (QED) is 0.781. The number of halogens is 1. The van der Waals surface area contributed by atoms with Crippen LogP contribution in [0.4, 0.5) is 0 Å². The van der Waals surface area contributed by atoms with Gasteiger partial charge >= 0.3 is 0 Å². The van der Waals surface area contributed by atoms with Gasteiger partial charge in [0.1, 0.15) is 0 Å². The van der Waals surface area contributed by atoms with Gasteiger partial charge in [0.15, 0.2) is 0 Å². The van der Waals surface area contributed by atoms with Crippen LogP contribution >= 0.6 is 22.9 Å². The SMILES string of the molecule is CCCNCc1ccccc1-c1ccc(Cl)s1. The number of thiophene rings is 1. The van der Waals surface area contributed by atoms with Crippen LogP contribution in [0.2, 0.25) is 4.34 Å². The van der Waals surface area contributed by atoms with Crippen molar-refractivity contribution in [2.45, 2.75) is 19.9 Å². The van der Waals surface area contributed by atoms with Crippen LogP contribution in [0.3, 0.4) is 0 Å². The Morgan fingerprint density at radius 2 is 2.00 bits per heavy atom. The zero-order chi connectivity index (χ0) is 12.1. The molecule has 0 unspecified atom stereocenters. The predicted octanol–water partition coefficient (Wildman–Crippen LogP) is 4.57.